The van der Waals surface area contributed by atoms with Crippen LogP contribution in [0.4, 0.5) is 0 Å². The van der Waals surface area contributed by atoms with E-state index in [9.17, 15) is 0 Å². The first kappa shape index (κ1) is 21.3. The summed E-state index contributed by atoms with van der Waals surface area (Å²) < 4.78 is 7.09. The van der Waals surface area contributed by atoms with Gasteiger partial charge in [0.15, 0.2) is 0 Å². The Hall–Kier alpha value is -1.98. The maximum absolute atomic E-state index is 6.27. The average molecular weight is 504 g/mol. The Bertz CT molecular complexity index is 1160. The molecule has 30 heavy (non-hydrogen) atoms. The Morgan fingerprint density at radius 1 is 0.933 bits per heavy atom. The van der Waals surface area contributed by atoms with E-state index in [2.05, 4.69) is 56.7 Å². The van der Waals surface area contributed by atoms with Crippen LogP contribution in [-0.2, 0) is 19.6 Å². The maximum atomic E-state index is 6.27. The second kappa shape index (κ2) is 9.88. The molecule has 0 amide bonds. The highest BCUT2D eigenvalue weighted by atomic mass is 79.9. The molecule has 0 fully saturated rings. The molecule has 0 aliphatic heterocycles. The molecule has 6 heteroatoms. The standard InChI is InChI=1S/C24H21BrCl2N2O/c25-19-6-8-24(30-15-17-5-7-20(26)12-22(17)27)18(11-19)13-28-10-9-16-14-29-23-4-2-1-3-21(16)23/h1-8,11-12,14,28-29H,9-10,13,15H2. The largest absolute Gasteiger partial charge is 0.489 e. The van der Waals surface area contributed by atoms with Gasteiger partial charge in [0, 0.05) is 49.3 Å². The quantitative estimate of drug-likeness (QED) is 0.250. The molecule has 154 valence electrons. The van der Waals surface area contributed by atoms with E-state index in [0.717, 1.165) is 34.3 Å². The van der Waals surface area contributed by atoms with Crippen molar-refractivity contribution in [2.24, 2.45) is 0 Å². The minimum atomic E-state index is 0.389. The van der Waals surface area contributed by atoms with Crippen LogP contribution in [0.1, 0.15) is 16.7 Å². The predicted molar refractivity (Wildman–Crippen MR) is 129 cm³/mol. The number of benzene rings is 3. The molecular formula is C24H21BrCl2N2O. The molecule has 0 bridgehead atoms. The van der Waals surface area contributed by atoms with E-state index in [1.807, 2.05) is 30.3 Å². The summed E-state index contributed by atoms with van der Waals surface area (Å²) in [6, 6.07) is 19.9. The van der Waals surface area contributed by atoms with Gasteiger partial charge in [0.25, 0.3) is 0 Å². The SMILES string of the molecule is Clc1ccc(COc2ccc(Br)cc2CNCCc2c[nH]c3ccccc23)c(Cl)c1. The Morgan fingerprint density at radius 3 is 2.67 bits per heavy atom. The van der Waals surface area contributed by atoms with Crippen LogP contribution >= 0.6 is 39.1 Å². The van der Waals surface area contributed by atoms with Gasteiger partial charge in [-0.3, -0.25) is 0 Å². The molecule has 4 rings (SSSR count). The van der Waals surface area contributed by atoms with Crippen molar-refractivity contribution >= 4 is 50.0 Å². The summed E-state index contributed by atoms with van der Waals surface area (Å²) in [5.74, 6) is 0.837. The first-order chi connectivity index (χ1) is 14.6. The normalized spacial score (nSPS) is 11.2. The summed E-state index contributed by atoms with van der Waals surface area (Å²) in [6.45, 7) is 1.97. The van der Waals surface area contributed by atoms with Crippen molar-refractivity contribution in [2.45, 2.75) is 19.6 Å². The van der Waals surface area contributed by atoms with Crippen molar-refractivity contribution in [3.63, 3.8) is 0 Å². The number of hydrogen-bond donors (Lipinski definition) is 2. The number of nitrogens with one attached hydrogen (secondary N) is 2. The van der Waals surface area contributed by atoms with Crippen LogP contribution in [0.5, 0.6) is 5.75 Å². The Balaban J connectivity index is 1.37. The van der Waals surface area contributed by atoms with Crippen molar-refractivity contribution < 1.29 is 4.74 Å². The lowest BCUT2D eigenvalue weighted by Gasteiger charge is -2.14. The van der Waals surface area contributed by atoms with Crippen LogP contribution < -0.4 is 10.1 Å². The van der Waals surface area contributed by atoms with Crippen LogP contribution in [-0.4, -0.2) is 11.5 Å². The monoisotopic (exact) mass is 502 g/mol. The number of aromatic amines is 1. The van der Waals surface area contributed by atoms with Gasteiger partial charge in [-0.25, -0.2) is 0 Å². The van der Waals surface area contributed by atoms with Gasteiger partial charge in [-0.1, -0.05) is 63.4 Å². The Kier molecular flexibility index (Phi) is 7.00. The molecular weight excluding hydrogens is 483 g/mol. The van der Waals surface area contributed by atoms with Crippen LogP contribution in [0.3, 0.4) is 0 Å². The van der Waals surface area contributed by atoms with E-state index in [0.29, 0.717) is 23.2 Å². The van der Waals surface area contributed by atoms with Crippen molar-refractivity contribution in [3.05, 3.63) is 98.1 Å². The zero-order valence-corrected chi connectivity index (χ0v) is 19.3. The highest BCUT2D eigenvalue weighted by molar-refractivity contribution is 9.10. The summed E-state index contributed by atoms with van der Waals surface area (Å²) in [4.78, 5) is 3.33. The molecule has 0 unspecified atom stereocenters. The molecule has 0 radical (unpaired) electrons. The number of hydrogen-bond acceptors (Lipinski definition) is 2. The van der Waals surface area contributed by atoms with E-state index >= 15 is 0 Å². The average Bonchev–Trinajstić information content (AvgIpc) is 3.15. The second-order valence-electron chi connectivity index (χ2n) is 7.06. The minimum Gasteiger partial charge on any atom is -0.489 e. The van der Waals surface area contributed by atoms with Gasteiger partial charge in [-0.2, -0.15) is 0 Å². The molecule has 0 spiro atoms. The van der Waals surface area contributed by atoms with Crippen LogP contribution in [0.25, 0.3) is 10.9 Å². The van der Waals surface area contributed by atoms with Gasteiger partial charge >= 0.3 is 0 Å². The third kappa shape index (κ3) is 5.19. The zero-order valence-electron chi connectivity index (χ0n) is 16.2. The lowest BCUT2D eigenvalue weighted by molar-refractivity contribution is 0.302. The van der Waals surface area contributed by atoms with Crippen LogP contribution in [0.2, 0.25) is 10.0 Å². The fourth-order valence-electron chi connectivity index (χ4n) is 3.41. The summed E-state index contributed by atoms with van der Waals surface area (Å²) in [7, 11) is 0. The number of aromatic nitrogens is 1. The maximum Gasteiger partial charge on any atom is 0.124 e. The molecule has 0 atom stereocenters. The molecule has 4 aromatic rings. The van der Waals surface area contributed by atoms with E-state index in [-0.39, 0.29) is 0 Å². The molecule has 3 nitrogen and oxygen atoms in total. The fourth-order valence-corrected chi connectivity index (χ4v) is 4.28. The molecule has 0 saturated heterocycles. The molecule has 0 aliphatic rings. The first-order valence-electron chi connectivity index (χ1n) is 9.71. The molecule has 0 aliphatic carbocycles. The van der Waals surface area contributed by atoms with Gasteiger partial charge in [0.2, 0.25) is 0 Å². The number of fused-ring (bicyclic) bond motifs is 1. The number of para-hydroxylation sites is 1. The van der Waals surface area contributed by atoms with E-state index in [4.69, 9.17) is 27.9 Å². The molecule has 3 aromatic carbocycles. The van der Waals surface area contributed by atoms with Gasteiger partial charge in [0.1, 0.15) is 12.4 Å². The van der Waals surface area contributed by atoms with E-state index in [1.54, 1.807) is 6.07 Å². The molecule has 1 aromatic heterocycles. The number of rotatable bonds is 8. The lowest BCUT2D eigenvalue weighted by atomic mass is 10.1. The second-order valence-corrected chi connectivity index (χ2v) is 8.82. The number of ether oxygens (including phenoxy) is 1. The third-order valence-corrected chi connectivity index (χ3v) is 6.06. The number of H-pyrrole nitrogens is 1. The summed E-state index contributed by atoms with van der Waals surface area (Å²) >= 11 is 15.8. The highest BCUT2D eigenvalue weighted by Crippen LogP contribution is 2.27. The molecule has 1 heterocycles. The number of halogens is 3. The Labute approximate surface area is 194 Å². The summed E-state index contributed by atoms with van der Waals surface area (Å²) in [5, 5.41) is 6.04. The van der Waals surface area contributed by atoms with Crippen LogP contribution in [0.15, 0.2) is 71.3 Å². The van der Waals surface area contributed by atoms with Crippen LogP contribution in [0, 0.1) is 0 Å². The lowest BCUT2D eigenvalue weighted by Crippen LogP contribution is -2.17. The first-order valence-corrected chi connectivity index (χ1v) is 11.3. The van der Waals surface area contributed by atoms with E-state index in [1.165, 1.54) is 16.5 Å². The zero-order chi connectivity index (χ0) is 20.9. The van der Waals surface area contributed by atoms with E-state index < -0.39 is 0 Å². The van der Waals surface area contributed by atoms with Crippen molar-refractivity contribution in [1.82, 2.24) is 10.3 Å². The summed E-state index contributed by atoms with van der Waals surface area (Å²) in [6.07, 6.45) is 3.05. The molecule has 2 N–H and O–H groups in total. The minimum absolute atomic E-state index is 0.389. The van der Waals surface area contributed by atoms with Gasteiger partial charge < -0.3 is 15.0 Å². The third-order valence-electron chi connectivity index (χ3n) is 4.98. The topological polar surface area (TPSA) is 37.0 Å². The van der Waals surface area contributed by atoms with Gasteiger partial charge in [0.05, 0.1) is 0 Å². The Morgan fingerprint density at radius 2 is 1.80 bits per heavy atom. The van der Waals surface area contributed by atoms with Crippen molar-refractivity contribution in [1.29, 1.82) is 0 Å². The smallest absolute Gasteiger partial charge is 0.124 e. The van der Waals surface area contributed by atoms with Crippen molar-refractivity contribution in [3.8, 4) is 5.75 Å². The predicted octanol–water partition coefficient (Wildman–Crippen LogP) is 7.15. The van der Waals surface area contributed by atoms with Gasteiger partial charge in [-0.05, 0) is 54.9 Å². The fraction of sp³-hybridized carbons (Fsp3) is 0.167. The summed E-state index contributed by atoms with van der Waals surface area (Å²) in [5.41, 5.74) is 4.49. The highest BCUT2D eigenvalue weighted by Gasteiger charge is 2.08. The molecule has 0 saturated carbocycles. The van der Waals surface area contributed by atoms with Gasteiger partial charge in [-0.15, -0.1) is 0 Å². The van der Waals surface area contributed by atoms with Crippen molar-refractivity contribution in [2.75, 3.05) is 6.54 Å².